The van der Waals surface area contributed by atoms with Gasteiger partial charge in [-0.15, -0.1) is 0 Å². The lowest BCUT2D eigenvalue weighted by atomic mass is 9.76. The molecule has 0 amide bonds. The molecule has 1 unspecified atom stereocenters. The minimum atomic E-state index is 0.00438. The third kappa shape index (κ3) is 4.26. The molecule has 0 aromatic carbocycles. The van der Waals surface area contributed by atoms with Crippen molar-refractivity contribution >= 4 is 0 Å². The number of aliphatic hydroxyl groups is 1. The first-order chi connectivity index (χ1) is 8.79. The Labute approximate surface area is 113 Å². The summed E-state index contributed by atoms with van der Waals surface area (Å²) in [6.07, 6.45) is 16.2. The van der Waals surface area contributed by atoms with E-state index in [1.165, 1.54) is 70.6 Å². The second kappa shape index (κ2) is 7.53. The van der Waals surface area contributed by atoms with Crippen LogP contribution in [0.4, 0.5) is 0 Å². The van der Waals surface area contributed by atoms with E-state index in [-0.39, 0.29) is 6.10 Å². The van der Waals surface area contributed by atoms with Crippen molar-refractivity contribution in [2.45, 2.75) is 90.1 Å². The van der Waals surface area contributed by atoms with Crippen molar-refractivity contribution in [3.63, 3.8) is 0 Å². The maximum atomic E-state index is 10.4. The Morgan fingerprint density at radius 3 is 2.17 bits per heavy atom. The van der Waals surface area contributed by atoms with E-state index in [2.05, 4.69) is 6.92 Å². The Kier molecular flexibility index (Phi) is 6.01. The Hall–Kier alpha value is -0.0400. The maximum absolute atomic E-state index is 10.4. The number of aliphatic hydroxyl groups excluding tert-OH is 1. The van der Waals surface area contributed by atoms with E-state index in [1.54, 1.807) is 0 Å². The van der Waals surface area contributed by atoms with Crippen LogP contribution in [0.15, 0.2) is 0 Å². The molecule has 2 aliphatic carbocycles. The maximum Gasteiger partial charge on any atom is 0.0568 e. The minimum absolute atomic E-state index is 0.00438. The first-order valence-electron chi connectivity index (χ1n) is 8.47. The molecule has 1 atom stereocenters. The SMILES string of the molecule is CCC1CCC(C(O)CCC2CCCCC2)CC1. The fraction of sp³-hybridized carbons (Fsp3) is 1.00. The highest BCUT2D eigenvalue weighted by Gasteiger charge is 2.26. The van der Waals surface area contributed by atoms with Crippen molar-refractivity contribution in [1.29, 1.82) is 0 Å². The van der Waals surface area contributed by atoms with Crippen molar-refractivity contribution in [2.75, 3.05) is 0 Å². The van der Waals surface area contributed by atoms with Crippen molar-refractivity contribution in [3.05, 3.63) is 0 Å². The lowest BCUT2D eigenvalue weighted by Crippen LogP contribution is -2.26. The molecule has 0 radical (unpaired) electrons. The number of hydrogen-bond donors (Lipinski definition) is 1. The first kappa shape index (κ1) is 14.4. The summed E-state index contributed by atoms with van der Waals surface area (Å²) in [6.45, 7) is 2.31. The molecule has 0 bridgehead atoms. The molecule has 2 rings (SSSR count). The second-order valence-electron chi connectivity index (χ2n) is 6.84. The van der Waals surface area contributed by atoms with Gasteiger partial charge in [0, 0.05) is 0 Å². The van der Waals surface area contributed by atoms with Crippen LogP contribution in [0.1, 0.15) is 84.0 Å². The molecule has 0 aromatic rings. The van der Waals surface area contributed by atoms with Gasteiger partial charge in [-0.25, -0.2) is 0 Å². The molecule has 0 aliphatic heterocycles. The fourth-order valence-corrected chi connectivity index (χ4v) is 4.10. The van der Waals surface area contributed by atoms with Gasteiger partial charge in [0.05, 0.1) is 6.10 Å². The van der Waals surface area contributed by atoms with Crippen LogP contribution < -0.4 is 0 Å². The van der Waals surface area contributed by atoms with E-state index in [0.717, 1.165) is 18.3 Å². The zero-order valence-electron chi connectivity index (χ0n) is 12.2. The van der Waals surface area contributed by atoms with Crippen LogP contribution in [0.5, 0.6) is 0 Å². The highest BCUT2D eigenvalue weighted by molar-refractivity contribution is 4.78. The van der Waals surface area contributed by atoms with E-state index in [4.69, 9.17) is 0 Å². The predicted octanol–water partition coefficient (Wildman–Crippen LogP) is 4.92. The average molecular weight is 252 g/mol. The molecule has 0 aromatic heterocycles. The standard InChI is InChI=1S/C17H32O/c1-2-14-8-11-16(12-9-14)17(18)13-10-15-6-4-3-5-7-15/h14-18H,2-13H2,1H3. The van der Waals surface area contributed by atoms with E-state index in [9.17, 15) is 5.11 Å². The summed E-state index contributed by atoms with van der Waals surface area (Å²) >= 11 is 0. The Morgan fingerprint density at radius 2 is 1.56 bits per heavy atom. The smallest absolute Gasteiger partial charge is 0.0568 e. The molecule has 2 fully saturated rings. The summed E-state index contributed by atoms with van der Waals surface area (Å²) < 4.78 is 0. The predicted molar refractivity (Wildman–Crippen MR) is 77.6 cm³/mol. The van der Waals surface area contributed by atoms with Crippen LogP contribution in [-0.2, 0) is 0 Å². The largest absolute Gasteiger partial charge is 0.393 e. The van der Waals surface area contributed by atoms with E-state index < -0.39 is 0 Å². The summed E-state index contributed by atoms with van der Waals surface area (Å²) in [5.74, 6) is 2.50. The molecule has 1 nitrogen and oxygen atoms in total. The molecule has 0 heterocycles. The van der Waals surface area contributed by atoms with E-state index >= 15 is 0 Å². The van der Waals surface area contributed by atoms with Gasteiger partial charge >= 0.3 is 0 Å². The average Bonchev–Trinajstić information content (AvgIpc) is 2.46. The molecular weight excluding hydrogens is 220 g/mol. The molecule has 2 aliphatic rings. The summed E-state index contributed by atoms with van der Waals surface area (Å²) in [5.41, 5.74) is 0. The normalized spacial score (nSPS) is 32.3. The fourth-order valence-electron chi connectivity index (χ4n) is 4.10. The number of hydrogen-bond acceptors (Lipinski definition) is 1. The van der Waals surface area contributed by atoms with Gasteiger partial charge in [0.1, 0.15) is 0 Å². The molecule has 2 saturated carbocycles. The van der Waals surface area contributed by atoms with Gasteiger partial charge in [-0.3, -0.25) is 0 Å². The monoisotopic (exact) mass is 252 g/mol. The van der Waals surface area contributed by atoms with Crippen LogP contribution in [0.3, 0.4) is 0 Å². The summed E-state index contributed by atoms with van der Waals surface area (Å²) in [7, 11) is 0. The zero-order valence-corrected chi connectivity index (χ0v) is 12.2. The van der Waals surface area contributed by atoms with Gasteiger partial charge in [-0.2, -0.15) is 0 Å². The van der Waals surface area contributed by atoms with Crippen molar-refractivity contribution in [1.82, 2.24) is 0 Å². The van der Waals surface area contributed by atoms with Crippen LogP contribution in [0.2, 0.25) is 0 Å². The van der Waals surface area contributed by atoms with Gasteiger partial charge in [0.2, 0.25) is 0 Å². The highest BCUT2D eigenvalue weighted by Crippen LogP contribution is 2.35. The third-order valence-electron chi connectivity index (χ3n) is 5.61. The first-order valence-corrected chi connectivity index (χ1v) is 8.47. The number of rotatable bonds is 5. The molecule has 1 N–H and O–H groups in total. The zero-order chi connectivity index (χ0) is 12.8. The topological polar surface area (TPSA) is 20.2 Å². The molecule has 0 spiro atoms. The van der Waals surface area contributed by atoms with Gasteiger partial charge in [0.15, 0.2) is 0 Å². The summed E-state index contributed by atoms with van der Waals surface area (Å²) in [4.78, 5) is 0. The molecule has 18 heavy (non-hydrogen) atoms. The molecule has 1 heteroatoms. The molecular formula is C17H32O. The van der Waals surface area contributed by atoms with Crippen LogP contribution in [-0.4, -0.2) is 11.2 Å². The summed E-state index contributed by atoms with van der Waals surface area (Å²) in [5, 5.41) is 10.4. The Bertz CT molecular complexity index is 212. The second-order valence-corrected chi connectivity index (χ2v) is 6.84. The van der Waals surface area contributed by atoms with E-state index in [1.807, 2.05) is 0 Å². The van der Waals surface area contributed by atoms with Crippen LogP contribution in [0, 0.1) is 17.8 Å². The highest BCUT2D eigenvalue weighted by atomic mass is 16.3. The third-order valence-corrected chi connectivity index (χ3v) is 5.61. The van der Waals surface area contributed by atoms with Gasteiger partial charge in [-0.05, 0) is 43.4 Å². The summed E-state index contributed by atoms with van der Waals surface area (Å²) in [6, 6.07) is 0. The lowest BCUT2D eigenvalue weighted by molar-refractivity contribution is 0.0593. The van der Waals surface area contributed by atoms with Crippen molar-refractivity contribution in [3.8, 4) is 0 Å². The minimum Gasteiger partial charge on any atom is -0.393 e. The Morgan fingerprint density at radius 1 is 0.889 bits per heavy atom. The van der Waals surface area contributed by atoms with Crippen LogP contribution in [0.25, 0.3) is 0 Å². The van der Waals surface area contributed by atoms with Crippen LogP contribution >= 0.6 is 0 Å². The molecule has 106 valence electrons. The van der Waals surface area contributed by atoms with Gasteiger partial charge in [-0.1, -0.05) is 58.3 Å². The Balaban J connectivity index is 1.63. The van der Waals surface area contributed by atoms with Crippen molar-refractivity contribution < 1.29 is 5.11 Å². The lowest BCUT2D eigenvalue weighted by Gasteiger charge is -2.32. The van der Waals surface area contributed by atoms with E-state index in [0.29, 0.717) is 5.92 Å². The quantitative estimate of drug-likeness (QED) is 0.736. The molecule has 0 saturated heterocycles. The van der Waals surface area contributed by atoms with Gasteiger partial charge in [0.25, 0.3) is 0 Å². The van der Waals surface area contributed by atoms with Gasteiger partial charge < -0.3 is 5.11 Å². The van der Waals surface area contributed by atoms with Crippen molar-refractivity contribution in [2.24, 2.45) is 17.8 Å².